The van der Waals surface area contributed by atoms with E-state index in [9.17, 15) is 4.79 Å². The number of nitrogens with one attached hydrogen (secondary N) is 1. The van der Waals surface area contributed by atoms with Crippen LogP contribution in [-0.4, -0.2) is 17.7 Å². The molecule has 5 heteroatoms. The Hall–Kier alpha value is -1.36. The van der Waals surface area contributed by atoms with Crippen LogP contribution in [0, 0.1) is 6.92 Å². The largest absolute Gasteiger partial charge is 0.351 e. The summed E-state index contributed by atoms with van der Waals surface area (Å²) in [5, 5.41) is 3.55. The minimum atomic E-state index is -0.419. The van der Waals surface area contributed by atoms with Gasteiger partial charge in [-0.2, -0.15) is 0 Å². The highest BCUT2D eigenvalue weighted by Gasteiger charge is 2.10. The van der Waals surface area contributed by atoms with Gasteiger partial charge in [-0.1, -0.05) is 5.16 Å². The first-order valence-electron chi connectivity index (χ1n) is 3.59. The van der Waals surface area contributed by atoms with Crippen molar-refractivity contribution in [2.75, 3.05) is 6.61 Å². The molecular formula is C7H10N2O3. The molecule has 5 nitrogen and oxygen atoms in total. The second-order valence-electron chi connectivity index (χ2n) is 2.20. The third-order valence-corrected chi connectivity index (χ3v) is 1.16. The first-order valence-corrected chi connectivity index (χ1v) is 3.59. The number of carbonyl (C=O) groups is 1. The smallest absolute Gasteiger partial charge is 0.313 e. The average molecular weight is 170 g/mol. The van der Waals surface area contributed by atoms with Crippen LogP contribution in [0.15, 0.2) is 10.6 Å². The number of aryl methyl sites for hydroxylation is 1. The second kappa shape index (κ2) is 3.87. The van der Waals surface area contributed by atoms with E-state index in [0.717, 1.165) is 0 Å². The molecule has 1 rings (SSSR count). The lowest BCUT2D eigenvalue weighted by atomic mass is 10.4. The Labute approximate surface area is 69.6 Å². The van der Waals surface area contributed by atoms with Gasteiger partial charge in [0.1, 0.15) is 0 Å². The fourth-order valence-corrected chi connectivity index (χ4v) is 0.659. The van der Waals surface area contributed by atoms with E-state index in [2.05, 4.69) is 20.0 Å². The Balaban J connectivity index is 2.53. The minimum Gasteiger partial charge on any atom is -0.351 e. The SMILES string of the molecule is CCONC(=O)c1cc(C)no1. The van der Waals surface area contributed by atoms with Crippen LogP contribution in [0.3, 0.4) is 0 Å². The van der Waals surface area contributed by atoms with Gasteiger partial charge in [0.05, 0.1) is 12.3 Å². The van der Waals surface area contributed by atoms with Crippen molar-refractivity contribution < 1.29 is 14.2 Å². The van der Waals surface area contributed by atoms with Crippen molar-refractivity contribution >= 4 is 5.91 Å². The summed E-state index contributed by atoms with van der Waals surface area (Å²) in [6.45, 7) is 3.92. The summed E-state index contributed by atoms with van der Waals surface area (Å²) in [6, 6.07) is 1.54. The first-order chi connectivity index (χ1) is 5.74. The highest BCUT2D eigenvalue weighted by molar-refractivity contribution is 5.90. The number of hydrogen-bond donors (Lipinski definition) is 1. The van der Waals surface area contributed by atoms with Gasteiger partial charge in [-0.3, -0.25) is 9.63 Å². The Bertz CT molecular complexity index is 269. The molecule has 0 fully saturated rings. The molecule has 0 radical (unpaired) electrons. The van der Waals surface area contributed by atoms with Gasteiger partial charge in [0.25, 0.3) is 0 Å². The van der Waals surface area contributed by atoms with E-state index in [1.165, 1.54) is 6.07 Å². The van der Waals surface area contributed by atoms with Crippen molar-refractivity contribution in [3.63, 3.8) is 0 Å². The number of hydroxylamine groups is 1. The highest BCUT2D eigenvalue weighted by Crippen LogP contribution is 2.00. The van der Waals surface area contributed by atoms with Crippen LogP contribution in [0.2, 0.25) is 0 Å². The topological polar surface area (TPSA) is 64.4 Å². The number of nitrogens with zero attached hydrogens (tertiary/aromatic N) is 1. The zero-order valence-corrected chi connectivity index (χ0v) is 6.96. The molecule has 0 bridgehead atoms. The predicted molar refractivity (Wildman–Crippen MR) is 40.3 cm³/mol. The van der Waals surface area contributed by atoms with E-state index in [1.807, 2.05) is 0 Å². The maximum Gasteiger partial charge on any atom is 0.313 e. The Kier molecular flexibility index (Phi) is 2.82. The van der Waals surface area contributed by atoms with Gasteiger partial charge >= 0.3 is 5.91 Å². The fourth-order valence-electron chi connectivity index (χ4n) is 0.659. The first kappa shape index (κ1) is 8.73. The molecule has 0 aliphatic carbocycles. The number of hydrogen-bond acceptors (Lipinski definition) is 4. The van der Waals surface area contributed by atoms with Crippen LogP contribution in [0.5, 0.6) is 0 Å². The summed E-state index contributed by atoms with van der Waals surface area (Å²) in [7, 11) is 0. The van der Waals surface area contributed by atoms with E-state index in [1.54, 1.807) is 13.8 Å². The maximum absolute atomic E-state index is 11.0. The molecule has 1 amide bonds. The van der Waals surface area contributed by atoms with Crippen molar-refractivity contribution in [3.05, 3.63) is 17.5 Å². The van der Waals surface area contributed by atoms with E-state index in [-0.39, 0.29) is 5.76 Å². The van der Waals surface area contributed by atoms with Crippen LogP contribution in [0.1, 0.15) is 23.2 Å². The van der Waals surface area contributed by atoms with Gasteiger partial charge in [-0.25, -0.2) is 5.48 Å². The third-order valence-electron chi connectivity index (χ3n) is 1.16. The summed E-state index contributed by atoms with van der Waals surface area (Å²) >= 11 is 0. The molecule has 1 aromatic rings. The predicted octanol–water partition coefficient (Wildman–Crippen LogP) is 0.664. The van der Waals surface area contributed by atoms with Crippen molar-refractivity contribution in [2.45, 2.75) is 13.8 Å². The molecule has 0 unspecified atom stereocenters. The third kappa shape index (κ3) is 2.06. The molecule has 1 heterocycles. The van der Waals surface area contributed by atoms with Gasteiger partial charge in [0.15, 0.2) is 0 Å². The fraction of sp³-hybridized carbons (Fsp3) is 0.429. The summed E-state index contributed by atoms with van der Waals surface area (Å²) in [5.74, 6) is -0.265. The molecule has 0 aliphatic rings. The van der Waals surface area contributed by atoms with Crippen LogP contribution in [0.4, 0.5) is 0 Å². The van der Waals surface area contributed by atoms with Crippen LogP contribution < -0.4 is 5.48 Å². The van der Waals surface area contributed by atoms with Gasteiger partial charge in [-0.05, 0) is 13.8 Å². The molecule has 0 atom stereocenters. The molecule has 0 saturated carbocycles. The average Bonchev–Trinajstić information content (AvgIpc) is 2.47. The highest BCUT2D eigenvalue weighted by atomic mass is 16.7. The van der Waals surface area contributed by atoms with E-state index in [0.29, 0.717) is 12.3 Å². The van der Waals surface area contributed by atoms with Crippen LogP contribution >= 0.6 is 0 Å². The molecule has 1 aromatic heterocycles. The van der Waals surface area contributed by atoms with Gasteiger partial charge in [-0.15, -0.1) is 0 Å². The molecule has 0 saturated heterocycles. The van der Waals surface area contributed by atoms with Crippen molar-refractivity contribution in [1.29, 1.82) is 0 Å². The van der Waals surface area contributed by atoms with Crippen molar-refractivity contribution in [3.8, 4) is 0 Å². The van der Waals surface area contributed by atoms with Crippen LogP contribution in [-0.2, 0) is 4.84 Å². The summed E-state index contributed by atoms with van der Waals surface area (Å²) in [5.41, 5.74) is 2.85. The number of aromatic nitrogens is 1. The zero-order chi connectivity index (χ0) is 8.97. The number of rotatable bonds is 3. The molecule has 0 aromatic carbocycles. The molecule has 0 spiro atoms. The second-order valence-corrected chi connectivity index (χ2v) is 2.20. The van der Waals surface area contributed by atoms with Gasteiger partial charge in [0.2, 0.25) is 5.76 Å². The Morgan fingerprint density at radius 1 is 1.83 bits per heavy atom. The normalized spacial score (nSPS) is 9.83. The van der Waals surface area contributed by atoms with Gasteiger partial charge in [0, 0.05) is 6.07 Å². The lowest BCUT2D eigenvalue weighted by Crippen LogP contribution is -2.22. The van der Waals surface area contributed by atoms with Crippen molar-refractivity contribution in [1.82, 2.24) is 10.6 Å². The summed E-state index contributed by atoms with van der Waals surface area (Å²) in [6.07, 6.45) is 0. The molecule has 0 aliphatic heterocycles. The minimum absolute atomic E-state index is 0.154. The monoisotopic (exact) mass is 170 g/mol. The lowest BCUT2D eigenvalue weighted by Gasteiger charge is -1.98. The zero-order valence-electron chi connectivity index (χ0n) is 6.96. The quantitative estimate of drug-likeness (QED) is 0.677. The molecular weight excluding hydrogens is 160 g/mol. The standard InChI is InChI=1S/C7H10N2O3/c1-3-11-9-7(10)6-4-5(2)8-12-6/h4H,3H2,1-2H3,(H,9,10). The van der Waals surface area contributed by atoms with Crippen molar-refractivity contribution in [2.24, 2.45) is 0 Å². The summed E-state index contributed by atoms with van der Waals surface area (Å²) in [4.78, 5) is 15.7. The number of carbonyl (C=O) groups excluding carboxylic acids is 1. The van der Waals surface area contributed by atoms with Crippen LogP contribution in [0.25, 0.3) is 0 Å². The lowest BCUT2D eigenvalue weighted by molar-refractivity contribution is 0.0334. The Morgan fingerprint density at radius 2 is 2.58 bits per heavy atom. The summed E-state index contributed by atoms with van der Waals surface area (Å²) < 4.78 is 4.68. The number of amides is 1. The molecule has 12 heavy (non-hydrogen) atoms. The molecule has 66 valence electrons. The van der Waals surface area contributed by atoms with E-state index < -0.39 is 5.91 Å². The van der Waals surface area contributed by atoms with E-state index >= 15 is 0 Å². The van der Waals surface area contributed by atoms with Gasteiger partial charge < -0.3 is 4.52 Å². The molecule has 1 N–H and O–H groups in total. The Morgan fingerprint density at radius 3 is 3.08 bits per heavy atom. The van der Waals surface area contributed by atoms with E-state index in [4.69, 9.17) is 0 Å². The maximum atomic E-state index is 11.0.